The van der Waals surface area contributed by atoms with E-state index < -0.39 is 29.8 Å². The van der Waals surface area contributed by atoms with E-state index in [0.29, 0.717) is 38.3 Å². The minimum atomic E-state index is -0.595. The van der Waals surface area contributed by atoms with Crippen LogP contribution < -0.4 is 5.32 Å². The first-order valence-corrected chi connectivity index (χ1v) is 8.06. The number of rotatable bonds is 3. The summed E-state index contributed by atoms with van der Waals surface area (Å²) in [6.07, 6.45) is 0.294. The quantitative estimate of drug-likeness (QED) is 0.830. The van der Waals surface area contributed by atoms with Crippen LogP contribution in [0.3, 0.4) is 0 Å². The van der Waals surface area contributed by atoms with Gasteiger partial charge >= 0.3 is 5.97 Å². The third-order valence-corrected chi connectivity index (χ3v) is 4.64. The maximum atomic E-state index is 14.2. The Morgan fingerprint density at radius 1 is 1.29 bits per heavy atom. The predicted molar refractivity (Wildman–Crippen MR) is 83.6 cm³/mol. The number of nitrogens with one attached hydrogen (secondary N) is 1. The lowest BCUT2D eigenvalue weighted by Gasteiger charge is -2.29. The minimum absolute atomic E-state index is 0.0777. The van der Waals surface area contributed by atoms with Crippen LogP contribution in [0, 0.1) is 11.7 Å². The van der Waals surface area contributed by atoms with E-state index in [-0.39, 0.29) is 5.91 Å². The Balaban J connectivity index is 1.81. The van der Waals surface area contributed by atoms with Crippen LogP contribution in [-0.2, 0) is 19.1 Å². The number of nitrogens with zero attached hydrogens (tertiary/aromatic N) is 1. The number of esters is 1. The Kier molecular flexibility index (Phi) is 5.11. The maximum Gasteiger partial charge on any atom is 0.310 e. The number of methoxy groups -OCH3 is 1. The lowest BCUT2D eigenvalue weighted by Crippen LogP contribution is -2.48. The lowest BCUT2D eigenvalue weighted by atomic mass is 9.93. The molecule has 0 bridgehead atoms. The zero-order valence-corrected chi connectivity index (χ0v) is 13.5. The molecule has 0 saturated carbocycles. The molecule has 24 heavy (non-hydrogen) atoms. The van der Waals surface area contributed by atoms with Gasteiger partial charge in [-0.15, -0.1) is 0 Å². The van der Waals surface area contributed by atoms with E-state index in [9.17, 15) is 14.0 Å². The van der Waals surface area contributed by atoms with Crippen LogP contribution in [0.1, 0.15) is 18.0 Å². The summed E-state index contributed by atoms with van der Waals surface area (Å²) in [6, 6.07) is 5.18. The summed E-state index contributed by atoms with van der Waals surface area (Å²) in [4.78, 5) is 26.5. The summed E-state index contributed by atoms with van der Waals surface area (Å²) < 4.78 is 24.3. The molecule has 2 aliphatic rings. The fraction of sp³-hybridized carbons (Fsp3) is 0.529. The van der Waals surface area contributed by atoms with E-state index in [1.165, 1.54) is 13.2 Å². The number of carbonyl (C=O) groups excluding carboxylic acids is 2. The fourth-order valence-electron chi connectivity index (χ4n) is 3.38. The SMILES string of the molecule is COC(=O)C1CC(C(=O)N2CCOCC2)NC1c1ccccc1F. The fourth-order valence-corrected chi connectivity index (χ4v) is 3.38. The molecule has 1 aromatic carbocycles. The highest BCUT2D eigenvalue weighted by Crippen LogP contribution is 2.35. The van der Waals surface area contributed by atoms with Crippen LogP contribution >= 0.6 is 0 Å². The van der Waals surface area contributed by atoms with Gasteiger partial charge in [0.15, 0.2) is 0 Å². The third-order valence-electron chi connectivity index (χ3n) is 4.64. The first-order valence-electron chi connectivity index (χ1n) is 8.06. The van der Waals surface area contributed by atoms with Crippen LogP contribution in [-0.4, -0.2) is 56.2 Å². The van der Waals surface area contributed by atoms with Gasteiger partial charge in [0, 0.05) is 24.7 Å². The Morgan fingerprint density at radius 2 is 2.00 bits per heavy atom. The molecule has 3 rings (SSSR count). The Labute approximate surface area is 139 Å². The summed E-state index contributed by atoms with van der Waals surface area (Å²) in [5.74, 6) is -1.51. The van der Waals surface area contributed by atoms with E-state index >= 15 is 0 Å². The number of morpholine rings is 1. The second-order valence-corrected chi connectivity index (χ2v) is 6.02. The van der Waals surface area contributed by atoms with Crippen molar-refractivity contribution in [1.82, 2.24) is 10.2 Å². The molecule has 1 N–H and O–H groups in total. The third kappa shape index (κ3) is 3.27. The molecule has 2 aliphatic heterocycles. The van der Waals surface area contributed by atoms with Gasteiger partial charge < -0.3 is 14.4 Å². The molecule has 2 heterocycles. The molecule has 1 amide bonds. The molecule has 3 atom stereocenters. The van der Waals surface area contributed by atoms with Crippen molar-refractivity contribution in [3.8, 4) is 0 Å². The number of benzene rings is 1. The van der Waals surface area contributed by atoms with Gasteiger partial charge in [-0.25, -0.2) is 4.39 Å². The molecule has 2 fully saturated rings. The number of carbonyl (C=O) groups is 2. The Morgan fingerprint density at radius 3 is 2.67 bits per heavy atom. The van der Waals surface area contributed by atoms with Crippen LogP contribution in [0.4, 0.5) is 4.39 Å². The van der Waals surface area contributed by atoms with Crippen molar-refractivity contribution in [1.29, 1.82) is 0 Å². The van der Waals surface area contributed by atoms with Crippen molar-refractivity contribution < 1.29 is 23.5 Å². The molecule has 2 saturated heterocycles. The van der Waals surface area contributed by atoms with Crippen molar-refractivity contribution in [2.75, 3.05) is 33.4 Å². The Hall–Kier alpha value is -1.99. The first kappa shape index (κ1) is 16.9. The highest BCUT2D eigenvalue weighted by atomic mass is 19.1. The van der Waals surface area contributed by atoms with Crippen molar-refractivity contribution in [2.45, 2.75) is 18.5 Å². The Bertz CT molecular complexity index is 618. The summed E-state index contributed by atoms with van der Waals surface area (Å²) >= 11 is 0. The lowest BCUT2D eigenvalue weighted by molar-refractivity contribution is -0.145. The van der Waals surface area contributed by atoms with Crippen molar-refractivity contribution >= 4 is 11.9 Å². The molecule has 0 radical (unpaired) electrons. The van der Waals surface area contributed by atoms with Crippen molar-refractivity contribution in [3.05, 3.63) is 35.6 Å². The monoisotopic (exact) mass is 336 g/mol. The van der Waals surface area contributed by atoms with E-state index in [4.69, 9.17) is 9.47 Å². The highest BCUT2D eigenvalue weighted by molar-refractivity contribution is 5.84. The van der Waals surface area contributed by atoms with Gasteiger partial charge in [-0.05, 0) is 12.5 Å². The summed E-state index contributed by atoms with van der Waals surface area (Å²) in [5.41, 5.74) is 0.380. The summed E-state index contributed by atoms with van der Waals surface area (Å²) in [5, 5.41) is 3.14. The number of amides is 1. The molecule has 0 spiro atoms. The first-order chi connectivity index (χ1) is 11.6. The average molecular weight is 336 g/mol. The van der Waals surface area contributed by atoms with Gasteiger partial charge in [-0.2, -0.15) is 0 Å². The summed E-state index contributed by atoms with van der Waals surface area (Å²) in [6.45, 7) is 2.08. The highest BCUT2D eigenvalue weighted by Gasteiger charge is 2.44. The second kappa shape index (κ2) is 7.27. The average Bonchev–Trinajstić information content (AvgIpc) is 3.06. The van der Waals surface area contributed by atoms with Crippen molar-refractivity contribution in [3.63, 3.8) is 0 Å². The van der Waals surface area contributed by atoms with Gasteiger partial charge in [0.05, 0.1) is 32.3 Å². The molecular weight excluding hydrogens is 315 g/mol. The van der Waals surface area contributed by atoms with Gasteiger partial charge in [-0.3, -0.25) is 14.9 Å². The molecule has 7 heteroatoms. The molecule has 3 unspecified atom stereocenters. The van der Waals surface area contributed by atoms with Crippen LogP contribution in [0.25, 0.3) is 0 Å². The maximum absolute atomic E-state index is 14.2. The van der Waals surface area contributed by atoms with E-state index in [0.717, 1.165) is 0 Å². The number of hydrogen-bond donors (Lipinski definition) is 1. The van der Waals surface area contributed by atoms with Crippen LogP contribution in [0.2, 0.25) is 0 Å². The zero-order chi connectivity index (χ0) is 17.1. The number of hydrogen-bond acceptors (Lipinski definition) is 5. The zero-order valence-electron chi connectivity index (χ0n) is 13.5. The van der Waals surface area contributed by atoms with Crippen molar-refractivity contribution in [2.24, 2.45) is 5.92 Å². The molecular formula is C17H21FN2O4. The predicted octanol–water partition coefficient (Wildman–Crippen LogP) is 0.877. The normalized spacial score (nSPS) is 27.1. The van der Waals surface area contributed by atoms with Gasteiger partial charge in [0.1, 0.15) is 5.82 Å². The van der Waals surface area contributed by atoms with Gasteiger partial charge in [0.25, 0.3) is 0 Å². The largest absolute Gasteiger partial charge is 0.469 e. The van der Waals surface area contributed by atoms with E-state index in [2.05, 4.69) is 5.32 Å². The van der Waals surface area contributed by atoms with Gasteiger partial charge in [-0.1, -0.05) is 18.2 Å². The van der Waals surface area contributed by atoms with Gasteiger partial charge in [0.2, 0.25) is 5.91 Å². The number of ether oxygens (including phenoxy) is 2. The molecule has 130 valence electrons. The van der Waals surface area contributed by atoms with E-state index in [1.807, 2.05) is 0 Å². The molecule has 6 nitrogen and oxygen atoms in total. The second-order valence-electron chi connectivity index (χ2n) is 6.02. The standard InChI is InChI=1S/C17H21FN2O4/c1-23-17(22)12-10-14(16(21)20-6-8-24-9-7-20)19-15(12)11-4-2-3-5-13(11)18/h2-5,12,14-15,19H,6-10H2,1H3. The van der Waals surface area contributed by atoms with Crippen LogP contribution in [0.15, 0.2) is 24.3 Å². The van der Waals surface area contributed by atoms with Crippen LogP contribution in [0.5, 0.6) is 0 Å². The smallest absolute Gasteiger partial charge is 0.310 e. The molecule has 0 aromatic heterocycles. The molecule has 1 aromatic rings. The van der Waals surface area contributed by atoms with E-state index in [1.54, 1.807) is 23.1 Å². The topological polar surface area (TPSA) is 67.9 Å². The molecule has 0 aliphatic carbocycles. The number of halogens is 1. The summed E-state index contributed by atoms with van der Waals surface area (Å²) in [7, 11) is 1.30. The minimum Gasteiger partial charge on any atom is -0.469 e.